The van der Waals surface area contributed by atoms with Crippen molar-refractivity contribution in [1.29, 1.82) is 0 Å². The summed E-state index contributed by atoms with van der Waals surface area (Å²) in [5.41, 5.74) is -0.819. The van der Waals surface area contributed by atoms with Gasteiger partial charge in [-0.1, -0.05) is 6.07 Å². The first-order valence-corrected chi connectivity index (χ1v) is 8.42. The summed E-state index contributed by atoms with van der Waals surface area (Å²) in [5, 5.41) is 9.69. The molecule has 5 nitrogen and oxygen atoms in total. The van der Waals surface area contributed by atoms with Gasteiger partial charge >= 0.3 is 5.97 Å². The number of nitrogens with one attached hydrogen (secondary N) is 1. The first kappa shape index (κ1) is 16.0. The van der Waals surface area contributed by atoms with E-state index in [4.69, 9.17) is 4.74 Å². The zero-order chi connectivity index (χ0) is 15.5. The molecule has 2 aromatic rings. The van der Waals surface area contributed by atoms with E-state index in [1.54, 1.807) is 11.3 Å². The van der Waals surface area contributed by atoms with Crippen molar-refractivity contribution in [1.82, 2.24) is 15.2 Å². The van der Waals surface area contributed by atoms with E-state index in [2.05, 4.69) is 21.2 Å². The average Bonchev–Trinajstić information content (AvgIpc) is 3.00. The van der Waals surface area contributed by atoms with Crippen LogP contribution in [0.3, 0.4) is 0 Å². The molecule has 2 heterocycles. The Morgan fingerprint density at radius 1 is 1.52 bits per heavy atom. The molecule has 0 fully saturated rings. The molecule has 0 radical (unpaired) electrons. The Bertz CT molecular complexity index is 588. The Hall–Kier alpha value is -1.34. The molecule has 0 spiro atoms. The second kappa shape index (κ2) is 6.62. The van der Waals surface area contributed by atoms with Gasteiger partial charge in [0.25, 0.3) is 0 Å². The molecule has 0 amide bonds. The largest absolute Gasteiger partial charge is 0.451 e. The van der Waals surface area contributed by atoms with Gasteiger partial charge in [-0.2, -0.15) is 0 Å². The van der Waals surface area contributed by atoms with E-state index in [1.165, 1.54) is 16.6 Å². The minimum Gasteiger partial charge on any atom is -0.451 e. The van der Waals surface area contributed by atoms with Crippen molar-refractivity contribution in [2.45, 2.75) is 44.7 Å². The van der Waals surface area contributed by atoms with Crippen LogP contribution >= 0.6 is 23.1 Å². The summed E-state index contributed by atoms with van der Waals surface area (Å²) in [6.45, 7) is 7.32. The van der Waals surface area contributed by atoms with Crippen LogP contribution in [0, 0.1) is 5.41 Å². The van der Waals surface area contributed by atoms with Crippen molar-refractivity contribution >= 4 is 29.1 Å². The van der Waals surface area contributed by atoms with Crippen LogP contribution < -0.4 is 0 Å². The van der Waals surface area contributed by atoms with Crippen LogP contribution in [-0.2, 0) is 16.0 Å². The highest BCUT2D eigenvalue weighted by Crippen LogP contribution is 2.24. The number of esters is 1. The molecule has 0 saturated heterocycles. The van der Waals surface area contributed by atoms with Crippen LogP contribution in [0.25, 0.3) is 0 Å². The molecule has 0 aliphatic carbocycles. The van der Waals surface area contributed by atoms with Crippen LogP contribution in [0.2, 0.25) is 0 Å². The lowest BCUT2D eigenvalue weighted by Gasteiger charge is -2.19. The molecule has 2 rings (SSSR count). The lowest BCUT2D eigenvalue weighted by atomic mass is 9.97. The average molecular weight is 325 g/mol. The van der Waals surface area contributed by atoms with E-state index in [9.17, 15) is 4.79 Å². The van der Waals surface area contributed by atoms with Gasteiger partial charge in [0.15, 0.2) is 5.44 Å². The van der Waals surface area contributed by atoms with Crippen molar-refractivity contribution < 1.29 is 9.53 Å². The molecular weight excluding hydrogens is 306 g/mol. The molecule has 1 atom stereocenters. The number of hydrogen-bond donors (Lipinski definition) is 1. The number of H-pyrrole nitrogens is 1. The highest BCUT2D eigenvalue weighted by molar-refractivity contribution is 7.99. The Balaban J connectivity index is 1.88. The molecule has 0 bridgehead atoms. The van der Waals surface area contributed by atoms with E-state index in [0.717, 1.165) is 12.2 Å². The quantitative estimate of drug-likeness (QED) is 0.518. The summed E-state index contributed by atoms with van der Waals surface area (Å²) in [5.74, 6) is 0.589. The Morgan fingerprint density at radius 3 is 2.90 bits per heavy atom. The topological polar surface area (TPSA) is 67.9 Å². The van der Waals surface area contributed by atoms with Gasteiger partial charge in [-0.05, 0) is 50.9 Å². The van der Waals surface area contributed by atoms with Gasteiger partial charge in [0, 0.05) is 11.3 Å². The van der Waals surface area contributed by atoms with Gasteiger partial charge in [0.2, 0.25) is 5.16 Å². The summed E-state index contributed by atoms with van der Waals surface area (Å²) in [7, 11) is 0. The summed E-state index contributed by atoms with van der Waals surface area (Å²) in [6.07, 6.45) is 0.737. The highest BCUT2D eigenvalue weighted by atomic mass is 32.2. The minimum atomic E-state index is -0.502. The van der Waals surface area contributed by atoms with Crippen LogP contribution in [0.15, 0.2) is 22.7 Å². The fraction of sp³-hybridized carbons (Fsp3) is 0.500. The van der Waals surface area contributed by atoms with E-state index in [1.807, 2.05) is 39.1 Å². The van der Waals surface area contributed by atoms with Gasteiger partial charge in [-0.3, -0.25) is 9.89 Å². The molecular formula is C14H19N3O2S2. The van der Waals surface area contributed by atoms with Crippen molar-refractivity contribution in [3.63, 3.8) is 0 Å². The standard InChI is InChI=1S/C14H19N3O2S2/c1-9(19-12(18)14(2,3)4)21-13-15-11(16-17-13)8-10-6-5-7-20-10/h5-7,9H,8H2,1-4H3,(H,15,16,17)/t9-/m0/s1. The normalized spacial score (nSPS) is 13.1. The zero-order valence-corrected chi connectivity index (χ0v) is 14.2. The molecule has 0 saturated carbocycles. The SMILES string of the molecule is C[C@@H](OC(=O)C(C)(C)C)Sc1n[nH]c(Cc2cccs2)n1. The summed E-state index contributed by atoms with van der Waals surface area (Å²) in [6, 6.07) is 4.08. The van der Waals surface area contributed by atoms with Crippen molar-refractivity contribution in [2.75, 3.05) is 0 Å². The number of thioether (sulfide) groups is 1. The minimum absolute atomic E-state index is 0.225. The molecule has 114 valence electrons. The number of carbonyl (C=O) groups is 1. The zero-order valence-electron chi connectivity index (χ0n) is 12.5. The lowest BCUT2D eigenvalue weighted by molar-refractivity contribution is -0.153. The predicted molar refractivity (Wildman–Crippen MR) is 84.4 cm³/mol. The fourth-order valence-corrected chi connectivity index (χ4v) is 2.89. The molecule has 0 aliphatic heterocycles. The molecule has 0 unspecified atom stereocenters. The predicted octanol–water partition coefficient (Wildman–Crippen LogP) is 3.48. The smallest absolute Gasteiger partial charge is 0.312 e. The Labute approximate surface area is 132 Å². The number of aromatic amines is 1. The van der Waals surface area contributed by atoms with Crippen LogP contribution in [0.5, 0.6) is 0 Å². The van der Waals surface area contributed by atoms with Gasteiger partial charge in [-0.15, -0.1) is 16.4 Å². The fourth-order valence-electron chi connectivity index (χ4n) is 1.49. The third-order valence-corrected chi connectivity index (χ3v) is 4.29. The lowest BCUT2D eigenvalue weighted by Crippen LogP contribution is -2.25. The monoisotopic (exact) mass is 325 g/mol. The van der Waals surface area contributed by atoms with Crippen molar-refractivity contribution in [3.8, 4) is 0 Å². The van der Waals surface area contributed by atoms with E-state index >= 15 is 0 Å². The number of hydrogen-bond acceptors (Lipinski definition) is 6. The number of carbonyl (C=O) groups excluding carboxylic acids is 1. The number of ether oxygens (including phenoxy) is 1. The van der Waals surface area contributed by atoms with Crippen molar-refractivity contribution in [2.24, 2.45) is 5.41 Å². The number of rotatable bonds is 5. The molecule has 7 heteroatoms. The second-order valence-corrected chi connectivity index (χ2v) is 7.96. The molecule has 0 aliphatic rings. The number of thiophene rings is 1. The molecule has 0 aromatic carbocycles. The third kappa shape index (κ3) is 4.86. The van der Waals surface area contributed by atoms with Crippen molar-refractivity contribution in [3.05, 3.63) is 28.2 Å². The summed E-state index contributed by atoms with van der Waals surface area (Å²) >= 11 is 3.02. The Morgan fingerprint density at radius 2 is 2.29 bits per heavy atom. The van der Waals surface area contributed by atoms with E-state index in [-0.39, 0.29) is 11.4 Å². The third-order valence-electron chi connectivity index (χ3n) is 2.59. The van der Waals surface area contributed by atoms with Gasteiger partial charge in [0.05, 0.1) is 5.41 Å². The van der Waals surface area contributed by atoms with E-state index in [0.29, 0.717) is 5.16 Å². The maximum absolute atomic E-state index is 11.8. The Kier molecular flexibility index (Phi) is 5.05. The van der Waals surface area contributed by atoms with Crippen LogP contribution in [0.1, 0.15) is 38.4 Å². The maximum Gasteiger partial charge on any atom is 0.312 e. The highest BCUT2D eigenvalue weighted by Gasteiger charge is 2.25. The first-order chi connectivity index (χ1) is 9.84. The molecule has 21 heavy (non-hydrogen) atoms. The first-order valence-electron chi connectivity index (χ1n) is 6.66. The second-order valence-electron chi connectivity index (χ2n) is 5.66. The summed E-state index contributed by atoms with van der Waals surface area (Å²) < 4.78 is 5.37. The van der Waals surface area contributed by atoms with Crippen LogP contribution in [0.4, 0.5) is 0 Å². The van der Waals surface area contributed by atoms with Gasteiger partial charge < -0.3 is 4.74 Å². The van der Waals surface area contributed by atoms with Gasteiger partial charge in [0.1, 0.15) is 5.82 Å². The van der Waals surface area contributed by atoms with Crippen LogP contribution in [-0.4, -0.2) is 26.6 Å². The molecule has 1 N–H and O–H groups in total. The molecule has 2 aromatic heterocycles. The van der Waals surface area contributed by atoms with Gasteiger partial charge in [-0.25, -0.2) is 4.98 Å². The number of aromatic nitrogens is 3. The summed E-state index contributed by atoms with van der Waals surface area (Å²) in [4.78, 5) is 17.4. The number of nitrogens with zero attached hydrogens (tertiary/aromatic N) is 2. The maximum atomic E-state index is 11.8. The van der Waals surface area contributed by atoms with E-state index < -0.39 is 5.41 Å².